The fraction of sp³-hybridized carbons (Fsp3) is 1.00. The smallest absolute Gasteiger partial charge is 0.265 e. The molecule has 0 aromatic heterocycles. The van der Waals surface area contributed by atoms with Crippen LogP contribution < -0.4 is 0 Å². The van der Waals surface area contributed by atoms with E-state index in [1.165, 1.54) is 0 Å². The summed E-state index contributed by atoms with van der Waals surface area (Å²) < 4.78 is 31.4. The van der Waals surface area contributed by atoms with Crippen LogP contribution in [0.5, 0.6) is 0 Å². The first kappa shape index (κ1) is 16.9. The molecule has 0 amide bonds. The van der Waals surface area contributed by atoms with Gasteiger partial charge in [-0.3, -0.25) is 4.55 Å². The molecular formula is C12H28NO3S+. The van der Waals surface area contributed by atoms with Crippen molar-refractivity contribution >= 4 is 10.1 Å². The van der Waals surface area contributed by atoms with Gasteiger partial charge in [0, 0.05) is 6.42 Å². The Morgan fingerprint density at radius 3 is 1.88 bits per heavy atom. The second-order valence-electron chi connectivity index (χ2n) is 4.91. The van der Waals surface area contributed by atoms with Gasteiger partial charge in [-0.05, 0) is 26.7 Å². The lowest BCUT2D eigenvalue weighted by Gasteiger charge is -2.43. The first-order valence-corrected chi connectivity index (χ1v) is 8.23. The Kier molecular flexibility index (Phi) is 7.28. The largest absolute Gasteiger partial charge is 0.322 e. The maximum atomic E-state index is 10.8. The highest BCUT2D eigenvalue weighted by Gasteiger charge is 2.31. The van der Waals surface area contributed by atoms with Gasteiger partial charge in [0.05, 0.1) is 31.4 Å². The summed E-state index contributed by atoms with van der Waals surface area (Å²) in [5, 5.41) is 0. The van der Waals surface area contributed by atoms with Crippen LogP contribution in [0.3, 0.4) is 0 Å². The second-order valence-corrected chi connectivity index (χ2v) is 6.48. The molecule has 0 aromatic rings. The predicted molar refractivity (Wildman–Crippen MR) is 71.6 cm³/mol. The highest BCUT2D eigenvalue weighted by atomic mass is 32.2. The number of nitrogens with zero attached hydrogens (tertiary/aromatic N) is 1. The van der Waals surface area contributed by atoms with Gasteiger partial charge in [0.2, 0.25) is 0 Å². The van der Waals surface area contributed by atoms with Gasteiger partial charge >= 0.3 is 0 Å². The summed E-state index contributed by atoms with van der Waals surface area (Å²) >= 11 is 0. The van der Waals surface area contributed by atoms with E-state index in [-0.39, 0.29) is 11.8 Å². The molecule has 0 rings (SSSR count). The minimum Gasteiger partial charge on any atom is -0.322 e. The highest BCUT2D eigenvalue weighted by Crippen LogP contribution is 2.19. The Hall–Kier alpha value is -0.130. The molecule has 0 saturated carbocycles. The Morgan fingerprint density at radius 1 is 1.12 bits per heavy atom. The van der Waals surface area contributed by atoms with Crippen molar-refractivity contribution in [2.75, 3.05) is 25.4 Å². The first-order valence-electron chi connectivity index (χ1n) is 6.62. The Bertz CT molecular complexity index is 295. The van der Waals surface area contributed by atoms with Crippen molar-refractivity contribution in [2.45, 2.75) is 53.0 Å². The number of rotatable bonds is 9. The molecule has 0 saturated heterocycles. The number of quaternary nitrogens is 1. The summed E-state index contributed by atoms with van der Waals surface area (Å²) in [4.78, 5) is 0. The van der Waals surface area contributed by atoms with Gasteiger partial charge in [0.1, 0.15) is 0 Å². The monoisotopic (exact) mass is 266 g/mol. The van der Waals surface area contributed by atoms with Crippen molar-refractivity contribution in [2.24, 2.45) is 0 Å². The number of hydrogen-bond donors (Lipinski definition) is 1. The summed E-state index contributed by atoms with van der Waals surface area (Å²) in [5.41, 5.74) is 0. The minimum absolute atomic E-state index is 0.123. The minimum atomic E-state index is -3.83. The molecule has 1 N–H and O–H groups in total. The van der Waals surface area contributed by atoms with E-state index in [1.807, 2.05) is 0 Å². The van der Waals surface area contributed by atoms with Crippen LogP contribution in [0.25, 0.3) is 0 Å². The van der Waals surface area contributed by atoms with Gasteiger partial charge < -0.3 is 4.48 Å². The zero-order valence-corrected chi connectivity index (χ0v) is 12.5. The van der Waals surface area contributed by atoms with Crippen LogP contribution in [-0.4, -0.2) is 48.9 Å². The lowest BCUT2D eigenvalue weighted by molar-refractivity contribution is -0.948. The van der Waals surface area contributed by atoms with Gasteiger partial charge in [0.15, 0.2) is 0 Å². The molecule has 0 radical (unpaired) electrons. The fourth-order valence-electron chi connectivity index (χ4n) is 2.66. The molecule has 1 unspecified atom stereocenters. The predicted octanol–water partition coefficient (Wildman–Crippen LogP) is 2.31. The molecule has 0 bridgehead atoms. The van der Waals surface area contributed by atoms with Gasteiger partial charge in [-0.25, -0.2) is 0 Å². The molecule has 104 valence electrons. The van der Waals surface area contributed by atoms with Crippen molar-refractivity contribution in [1.29, 1.82) is 0 Å². The third kappa shape index (κ3) is 5.84. The van der Waals surface area contributed by atoms with E-state index in [9.17, 15) is 8.42 Å². The van der Waals surface area contributed by atoms with Crippen molar-refractivity contribution in [3.63, 3.8) is 0 Å². The average Bonchev–Trinajstić information content (AvgIpc) is 2.24. The normalized spacial score (nSPS) is 14.9. The molecule has 4 nitrogen and oxygen atoms in total. The molecule has 0 aromatic carbocycles. The van der Waals surface area contributed by atoms with E-state index in [2.05, 4.69) is 27.7 Å². The van der Waals surface area contributed by atoms with E-state index in [0.717, 1.165) is 37.0 Å². The van der Waals surface area contributed by atoms with Crippen LogP contribution in [-0.2, 0) is 10.1 Å². The standard InChI is InChI=1S/C12H27NO3S/c1-5-9-13(7-3,10-6-2)12(4)8-11-17(14,15)16/h12H,5-11H2,1-4H3/p+1. The van der Waals surface area contributed by atoms with Crippen molar-refractivity contribution < 1.29 is 17.5 Å². The van der Waals surface area contributed by atoms with Gasteiger partial charge in [0.25, 0.3) is 10.1 Å². The van der Waals surface area contributed by atoms with E-state index in [4.69, 9.17) is 4.55 Å². The van der Waals surface area contributed by atoms with Gasteiger partial charge in [-0.2, -0.15) is 8.42 Å². The van der Waals surface area contributed by atoms with Crippen LogP contribution in [0.4, 0.5) is 0 Å². The summed E-state index contributed by atoms with van der Waals surface area (Å²) in [6.45, 7) is 11.8. The third-order valence-corrected chi connectivity index (χ3v) is 4.45. The third-order valence-electron chi connectivity index (χ3n) is 3.70. The Balaban J connectivity index is 4.66. The summed E-state index contributed by atoms with van der Waals surface area (Å²) in [6.07, 6.45) is 2.74. The molecule has 0 aliphatic heterocycles. The second kappa shape index (κ2) is 7.34. The zero-order chi connectivity index (χ0) is 13.5. The van der Waals surface area contributed by atoms with E-state index >= 15 is 0 Å². The van der Waals surface area contributed by atoms with Gasteiger partial charge in [-0.1, -0.05) is 13.8 Å². The van der Waals surface area contributed by atoms with Crippen molar-refractivity contribution in [3.8, 4) is 0 Å². The molecule has 0 aliphatic rings. The molecule has 17 heavy (non-hydrogen) atoms. The van der Waals surface area contributed by atoms with Crippen LogP contribution in [0.1, 0.15) is 47.0 Å². The maximum absolute atomic E-state index is 10.8. The van der Waals surface area contributed by atoms with Crippen LogP contribution in [0, 0.1) is 0 Å². The summed E-state index contributed by atoms with van der Waals surface area (Å²) in [6, 6.07) is 0.279. The molecule has 1 atom stereocenters. The topological polar surface area (TPSA) is 54.4 Å². The molecule has 0 fully saturated rings. The van der Waals surface area contributed by atoms with E-state index in [0.29, 0.717) is 6.42 Å². The van der Waals surface area contributed by atoms with Crippen LogP contribution >= 0.6 is 0 Å². The fourth-order valence-corrected chi connectivity index (χ4v) is 3.30. The molecule has 0 spiro atoms. The van der Waals surface area contributed by atoms with Crippen molar-refractivity contribution in [1.82, 2.24) is 0 Å². The average molecular weight is 266 g/mol. The maximum Gasteiger partial charge on any atom is 0.265 e. The Morgan fingerprint density at radius 2 is 1.59 bits per heavy atom. The Labute approximate surface area is 106 Å². The molecule has 0 aliphatic carbocycles. The first-order chi connectivity index (χ1) is 7.81. The molecule has 0 heterocycles. The lowest BCUT2D eigenvalue weighted by Crippen LogP contribution is -2.55. The summed E-state index contributed by atoms with van der Waals surface area (Å²) in [5.74, 6) is -0.123. The molecular weight excluding hydrogens is 238 g/mol. The zero-order valence-electron chi connectivity index (χ0n) is 11.6. The van der Waals surface area contributed by atoms with E-state index < -0.39 is 10.1 Å². The van der Waals surface area contributed by atoms with E-state index in [1.54, 1.807) is 0 Å². The molecule has 5 heteroatoms. The SMILES string of the molecule is CCC[N+](CC)(CCC)C(C)CCS(=O)(=O)O. The highest BCUT2D eigenvalue weighted by molar-refractivity contribution is 7.85. The van der Waals surface area contributed by atoms with Crippen LogP contribution in [0.2, 0.25) is 0 Å². The number of hydrogen-bond acceptors (Lipinski definition) is 2. The van der Waals surface area contributed by atoms with Gasteiger partial charge in [-0.15, -0.1) is 0 Å². The lowest BCUT2D eigenvalue weighted by atomic mass is 10.1. The quantitative estimate of drug-likeness (QED) is 0.514. The van der Waals surface area contributed by atoms with Crippen LogP contribution in [0.15, 0.2) is 0 Å². The summed E-state index contributed by atoms with van der Waals surface area (Å²) in [7, 11) is -3.83. The van der Waals surface area contributed by atoms with Crippen molar-refractivity contribution in [3.05, 3.63) is 0 Å².